The molecule has 2 heteroatoms. The van der Waals surface area contributed by atoms with Crippen LogP contribution in [0.1, 0.15) is 35.6 Å². The normalized spacial score (nSPS) is 21.2. The molecule has 1 atom stereocenters. The summed E-state index contributed by atoms with van der Waals surface area (Å²) in [6.07, 6.45) is 3.28. The van der Waals surface area contributed by atoms with Crippen LogP contribution in [0.2, 0.25) is 0 Å². The highest BCUT2D eigenvalue weighted by molar-refractivity contribution is 5.38. The second-order valence-electron chi connectivity index (χ2n) is 3.64. The predicted octanol–water partition coefficient (Wildman–Crippen LogP) is 1.52. The highest BCUT2D eigenvalue weighted by Gasteiger charge is 2.18. The van der Waals surface area contributed by atoms with Gasteiger partial charge in [0.2, 0.25) is 0 Å². The van der Waals surface area contributed by atoms with Gasteiger partial charge in [0.15, 0.2) is 0 Å². The summed E-state index contributed by atoms with van der Waals surface area (Å²) in [5.41, 5.74) is 9.55. The number of hydrogen-bond acceptors (Lipinski definition) is 2. The first-order valence-corrected chi connectivity index (χ1v) is 4.80. The van der Waals surface area contributed by atoms with Gasteiger partial charge in [-0.25, -0.2) is 0 Å². The Balaban J connectivity index is 2.48. The van der Waals surface area contributed by atoms with Gasteiger partial charge in [-0.3, -0.25) is 0 Å². The van der Waals surface area contributed by atoms with E-state index in [-0.39, 0.29) is 12.6 Å². The minimum absolute atomic E-state index is 0.135. The van der Waals surface area contributed by atoms with Gasteiger partial charge in [0.25, 0.3) is 0 Å². The smallest absolute Gasteiger partial charge is 0.0684 e. The van der Waals surface area contributed by atoms with E-state index < -0.39 is 0 Å². The Morgan fingerprint density at radius 3 is 3.08 bits per heavy atom. The Hall–Kier alpha value is -0.860. The maximum absolute atomic E-state index is 9.14. The summed E-state index contributed by atoms with van der Waals surface area (Å²) in [5.74, 6) is 0. The first-order valence-electron chi connectivity index (χ1n) is 4.80. The molecular formula is C11H15NO. The van der Waals surface area contributed by atoms with E-state index in [1.807, 2.05) is 12.1 Å². The highest BCUT2D eigenvalue weighted by atomic mass is 16.3. The third-order valence-electron chi connectivity index (χ3n) is 2.82. The molecule has 0 unspecified atom stereocenters. The molecule has 1 aliphatic rings. The average Bonchev–Trinajstić information content (AvgIpc) is 2.18. The van der Waals surface area contributed by atoms with Crippen LogP contribution < -0.4 is 5.73 Å². The molecular weight excluding hydrogens is 162 g/mol. The fraction of sp³-hybridized carbons (Fsp3) is 0.455. The lowest BCUT2D eigenvalue weighted by atomic mass is 9.85. The molecule has 0 heterocycles. The molecule has 0 aliphatic heterocycles. The fourth-order valence-corrected chi connectivity index (χ4v) is 2.11. The lowest BCUT2D eigenvalue weighted by Crippen LogP contribution is -2.18. The second-order valence-corrected chi connectivity index (χ2v) is 3.64. The van der Waals surface area contributed by atoms with Crippen LogP contribution in [0.15, 0.2) is 18.2 Å². The zero-order valence-electron chi connectivity index (χ0n) is 7.66. The molecule has 0 amide bonds. The minimum atomic E-state index is 0.135. The van der Waals surface area contributed by atoms with Crippen molar-refractivity contribution in [3.8, 4) is 0 Å². The number of rotatable bonds is 1. The summed E-state index contributed by atoms with van der Waals surface area (Å²) in [7, 11) is 0. The van der Waals surface area contributed by atoms with Gasteiger partial charge in [-0.1, -0.05) is 18.2 Å². The fourth-order valence-electron chi connectivity index (χ4n) is 2.11. The first-order chi connectivity index (χ1) is 6.33. The van der Waals surface area contributed by atoms with E-state index in [1.54, 1.807) is 0 Å². The van der Waals surface area contributed by atoms with E-state index in [9.17, 15) is 0 Å². The zero-order chi connectivity index (χ0) is 9.26. The summed E-state index contributed by atoms with van der Waals surface area (Å²) in [5, 5.41) is 9.14. The minimum Gasteiger partial charge on any atom is -0.392 e. The molecule has 70 valence electrons. The molecule has 3 N–H and O–H groups in total. The van der Waals surface area contributed by atoms with Crippen molar-refractivity contribution in [2.45, 2.75) is 31.9 Å². The van der Waals surface area contributed by atoms with Crippen molar-refractivity contribution in [3.05, 3.63) is 34.9 Å². The molecule has 0 saturated carbocycles. The summed E-state index contributed by atoms with van der Waals surface area (Å²) in [4.78, 5) is 0. The van der Waals surface area contributed by atoms with Crippen molar-refractivity contribution in [1.29, 1.82) is 0 Å². The lowest BCUT2D eigenvalue weighted by Gasteiger charge is -2.23. The third-order valence-corrected chi connectivity index (χ3v) is 2.82. The van der Waals surface area contributed by atoms with Gasteiger partial charge in [0.1, 0.15) is 0 Å². The van der Waals surface area contributed by atoms with Gasteiger partial charge in [-0.05, 0) is 36.0 Å². The lowest BCUT2D eigenvalue weighted by molar-refractivity contribution is 0.279. The number of aliphatic hydroxyl groups is 1. The largest absolute Gasteiger partial charge is 0.392 e. The van der Waals surface area contributed by atoms with Crippen molar-refractivity contribution in [1.82, 2.24) is 0 Å². The molecule has 0 fully saturated rings. The standard InChI is InChI=1S/C11H15NO/c12-11-6-2-4-9-8(7-13)3-1-5-10(9)11/h1,3,5,11,13H,2,4,6-7,12H2/t11-/m0/s1. The number of hydrogen-bond donors (Lipinski definition) is 2. The molecule has 0 saturated heterocycles. The van der Waals surface area contributed by atoms with E-state index in [4.69, 9.17) is 10.8 Å². The second kappa shape index (κ2) is 3.48. The van der Waals surface area contributed by atoms with Gasteiger partial charge in [-0.15, -0.1) is 0 Å². The van der Waals surface area contributed by atoms with Crippen LogP contribution in [0.3, 0.4) is 0 Å². The van der Waals surface area contributed by atoms with E-state index in [0.717, 1.165) is 24.8 Å². The SMILES string of the molecule is N[C@H]1CCCc2c(CO)cccc21. The molecule has 1 aliphatic carbocycles. The Labute approximate surface area is 78.4 Å². The highest BCUT2D eigenvalue weighted by Crippen LogP contribution is 2.29. The Kier molecular flexibility index (Phi) is 2.34. The van der Waals surface area contributed by atoms with E-state index in [0.29, 0.717) is 0 Å². The van der Waals surface area contributed by atoms with Crippen LogP contribution in [-0.4, -0.2) is 5.11 Å². The van der Waals surface area contributed by atoms with E-state index >= 15 is 0 Å². The van der Waals surface area contributed by atoms with Crippen LogP contribution in [-0.2, 0) is 13.0 Å². The molecule has 0 spiro atoms. The summed E-state index contributed by atoms with van der Waals surface area (Å²) >= 11 is 0. The van der Waals surface area contributed by atoms with Gasteiger partial charge in [-0.2, -0.15) is 0 Å². The van der Waals surface area contributed by atoms with Crippen molar-refractivity contribution < 1.29 is 5.11 Å². The summed E-state index contributed by atoms with van der Waals surface area (Å²) < 4.78 is 0. The monoisotopic (exact) mass is 177 g/mol. The van der Waals surface area contributed by atoms with Gasteiger partial charge in [0.05, 0.1) is 6.61 Å². The average molecular weight is 177 g/mol. The van der Waals surface area contributed by atoms with Crippen molar-refractivity contribution >= 4 is 0 Å². The Morgan fingerprint density at radius 1 is 1.46 bits per heavy atom. The van der Waals surface area contributed by atoms with Gasteiger partial charge < -0.3 is 10.8 Å². The van der Waals surface area contributed by atoms with Crippen LogP contribution in [0.4, 0.5) is 0 Å². The maximum atomic E-state index is 9.14. The van der Waals surface area contributed by atoms with Crippen molar-refractivity contribution in [2.24, 2.45) is 5.73 Å². The van der Waals surface area contributed by atoms with Crippen molar-refractivity contribution in [2.75, 3.05) is 0 Å². The van der Waals surface area contributed by atoms with Crippen molar-refractivity contribution in [3.63, 3.8) is 0 Å². The maximum Gasteiger partial charge on any atom is 0.0684 e. The topological polar surface area (TPSA) is 46.2 Å². The number of nitrogens with two attached hydrogens (primary N) is 1. The molecule has 0 aromatic heterocycles. The molecule has 13 heavy (non-hydrogen) atoms. The van der Waals surface area contributed by atoms with Crippen LogP contribution in [0, 0.1) is 0 Å². The summed E-state index contributed by atoms with van der Waals surface area (Å²) in [6, 6.07) is 6.22. The van der Waals surface area contributed by atoms with Crippen LogP contribution in [0.25, 0.3) is 0 Å². The summed E-state index contributed by atoms with van der Waals surface area (Å²) in [6.45, 7) is 0.135. The van der Waals surface area contributed by atoms with Crippen LogP contribution >= 0.6 is 0 Å². The molecule has 0 radical (unpaired) electrons. The van der Waals surface area contributed by atoms with Gasteiger partial charge in [0, 0.05) is 6.04 Å². The number of aliphatic hydroxyl groups excluding tert-OH is 1. The van der Waals surface area contributed by atoms with E-state index in [1.165, 1.54) is 11.1 Å². The van der Waals surface area contributed by atoms with Gasteiger partial charge >= 0.3 is 0 Å². The zero-order valence-corrected chi connectivity index (χ0v) is 7.66. The van der Waals surface area contributed by atoms with E-state index in [2.05, 4.69) is 6.07 Å². The number of benzene rings is 1. The molecule has 1 aromatic carbocycles. The first kappa shape index (κ1) is 8.73. The molecule has 2 rings (SSSR count). The third kappa shape index (κ3) is 1.47. The molecule has 0 bridgehead atoms. The number of fused-ring (bicyclic) bond motifs is 1. The molecule has 1 aromatic rings. The Morgan fingerprint density at radius 2 is 2.31 bits per heavy atom. The molecule has 2 nitrogen and oxygen atoms in total. The Bertz CT molecular complexity index is 309. The quantitative estimate of drug-likeness (QED) is 0.683. The van der Waals surface area contributed by atoms with Crippen LogP contribution in [0.5, 0.6) is 0 Å². The predicted molar refractivity (Wildman–Crippen MR) is 52.2 cm³/mol.